The van der Waals surface area contributed by atoms with Crippen LogP contribution in [0, 0.1) is 23.3 Å². The molecule has 2 aromatic rings. The first-order chi connectivity index (χ1) is 12.2. The predicted octanol–water partition coefficient (Wildman–Crippen LogP) is 7.00. The Morgan fingerprint density at radius 1 is 0.741 bits per heavy atom. The van der Waals surface area contributed by atoms with Crippen LogP contribution in [0.1, 0.15) is 41.5 Å². The maximum atomic E-state index is 12.8. The van der Waals surface area contributed by atoms with Gasteiger partial charge in [0.05, 0.1) is 10.7 Å². The van der Waals surface area contributed by atoms with E-state index in [4.69, 9.17) is 11.6 Å². The summed E-state index contributed by atoms with van der Waals surface area (Å²) in [5, 5.41) is 6.43. The molecule has 0 bridgehead atoms. The molecular weight excluding hydrogens is 380 g/mol. The Kier molecular flexibility index (Phi) is 7.55. The zero-order valence-electron chi connectivity index (χ0n) is 16.3. The largest absolute Gasteiger partial charge is 0.380 e. The van der Waals surface area contributed by atoms with Gasteiger partial charge >= 0.3 is 0 Å². The summed E-state index contributed by atoms with van der Waals surface area (Å²) in [5.41, 5.74) is 0.600. The lowest BCUT2D eigenvalue weighted by atomic mass is 10.1. The van der Waals surface area contributed by atoms with E-state index in [0.29, 0.717) is 5.02 Å². The van der Waals surface area contributed by atoms with E-state index in [-0.39, 0.29) is 22.6 Å². The molecule has 0 saturated heterocycles. The SMILES string of the molecule is CC(C)(C)Nc1cc(F)c(F)c(F)c1.CC(C)(C)Nc1ccc(F)cc1Cl. The highest BCUT2D eigenvalue weighted by molar-refractivity contribution is 6.33. The summed E-state index contributed by atoms with van der Waals surface area (Å²) in [7, 11) is 0. The van der Waals surface area contributed by atoms with Crippen LogP contribution in [-0.2, 0) is 0 Å². The van der Waals surface area contributed by atoms with Gasteiger partial charge in [-0.15, -0.1) is 0 Å². The lowest BCUT2D eigenvalue weighted by molar-refractivity contribution is 0.447. The van der Waals surface area contributed by atoms with Crippen molar-refractivity contribution in [3.05, 3.63) is 58.6 Å². The first kappa shape index (κ1) is 23.1. The first-order valence-electron chi connectivity index (χ1n) is 8.34. The van der Waals surface area contributed by atoms with E-state index >= 15 is 0 Å². The van der Waals surface area contributed by atoms with Crippen molar-refractivity contribution in [2.75, 3.05) is 10.6 Å². The Balaban J connectivity index is 0.000000271. The van der Waals surface area contributed by atoms with Crippen LogP contribution in [0.4, 0.5) is 28.9 Å². The molecule has 7 heteroatoms. The average Bonchev–Trinajstić information content (AvgIpc) is 2.45. The van der Waals surface area contributed by atoms with Crippen molar-refractivity contribution in [2.24, 2.45) is 0 Å². The van der Waals surface area contributed by atoms with E-state index in [1.807, 2.05) is 41.5 Å². The summed E-state index contributed by atoms with van der Waals surface area (Å²) in [6, 6.07) is 6.20. The normalized spacial score (nSPS) is 11.5. The Labute approximate surface area is 162 Å². The summed E-state index contributed by atoms with van der Waals surface area (Å²) in [5.74, 6) is -4.12. The van der Waals surface area contributed by atoms with Gasteiger partial charge in [0.25, 0.3) is 0 Å². The minimum Gasteiger partial charge on any atom is -0.380 e. The maximum Gasteiger partial charge on any atom is 0.194 e. The number of hydrogen-bond donors (Lipinski definition) is 2. The topological polar surface area (TPSA) is 24.1 Å². The summed E-state index contributed by atoms with van der Waals surface area (Å²) in [6.45, 7) is 11.6. The van der Waals surface area contributed by atoms with E-state index in [2.05, 4.69) is 10.6 Å². The fourth-order valence-corrected chi connectivity index (χ4v) is 2.27. The molecule has 0 saturated carbocycles. The van der Waals surface area contributed by atoms with Gasteiger partial charge in [-0.25, -0.2) is 17.6 Å². The number of benzene rings is 2. The Morgan fingerprint density at radius 3 is 1.63 bits per heavy atom. The van der Waals surface area contributed by atoms with Crippen LogP contribution in [0.25, 0.3) is 0 Å². The van der Waals surface area contributed by atoms with Gasteiger partial charge in [0, 0.05) is 28.9 Å². The Hall–Kier alpha value is -1.95. The zero-order chi connectivity index (χ0) is 21.0. The van der Waals surface area contributed by atoms with Crippen molar-refractivity contribution in [2.45, 2.75) is 52.6 Å². The first-order valence-corrected chi connectivity index (χ1v) is 8.72. The average molecular weight is 405 g/mol. The van der Waals surface area contributed by atoms with Gasteiger partial charge in [0.15, 0.2) is 17.5 Å². The third kappa shape index (κ3) is 8.52. The van der Waals surface area contributed by atoms with Crippen LogP contribution in [0.15, 0.2) is 30.3 Å². The number of halogens is 5. The molecule has 27 heavy (non-hydrogen) atoms. The highest BCUT2D eigenvalue weighted by atomic mass is 35.5. The molecule has 0 amide bonds. The molecule has 0 aliphatic carbocycles. The fourth-order valence-electron chi connectivity index (χ4n) is 2.06. The molecule has 150 valence electrons. The monoisotopic (exact) mass is 404 g/mol. The quantitative estimate of drug-likeness (QED) is 0.415. The van der Waals surface area contributed by atoms with Gasteiger partial charge in [0.2, 0.25) is 0 Å². The van der Waals surface area contributed by atoms with E-state index in [1.165, 1.54) is 12.1 Å². The van der Waals surface area contributed by atoms with Crippen molar-refractivity contribution < 1.29 is 17.6 Å². The van der Waals surface area contributed by atoms with Gasteiger partial charge in [-0.1, -0.05) is 11.6 Å². The van der Waals surface area contributed by atoms with E-state index in [0.717, 1.165) is 17.8 Å². The molecule has 2 rings (SSSR count). The van der Waals surface area contributed by atoms with Crippen LogP contribution in [0.3, 0.4) is 0 Å². The predicted molar refractivity (Wildman–Crippen MR) is 104 cm³/mol. The summed E-state index contributed by atoms with van der Waals surface area (Å²) >= 11 is 5.83. The third-order valence-electron chi connectivity index (χ3n) is 2.94. The number of nitrogens with one attached hydrogen (secondary N) is 2. The van der Waals surface area contributed by atoms with Crippen LogP contribution in [0.2, 0.25) is 5.02 Å². The van der Waals surface area contributed by atoms with E-state index in [9.17, 15) is 17.6 Å². The minimum atomic E-state index is -1.44. The van der Waals surface area contributed by atoms with Crippen LogP contribution in [0.5, 0.6) is 0 Å². The minimum absolute atomic E-state index is 0.0680. The summed E-state index contributed by atoms with van der Waals surface area (Å²) in [4.78, 5) is 0. The molecule has 0 spiro atoms. The van der Waals surface area contributed by atoms with Crippen molar-refractivity contribution >= 4 is 23.0 Å². The number of rotatable bonds is 2. The van der Waals surface area contributed by atoms with Gasteiger partial charge < -0.3 is 10.6 Å². The Bertz CT molecular complexity index is 758. The molecule has 2 nitrogen and oxygen atoms in total. The van der Waals surface area contributed by atoms with Gasteiger partial charge in [-0.2, -0.15) is 0 Å². The molecule has 0 aliphatic rings. The van der Waals surface area contributed by atoms with E-state index < -0.39 is 17.5 Å². The second-order valence-electron chi connectivity index (χ2n) is 8.13. The van der Waals surface area contributed by atoms with Crippen LogP contribution in [-0.4, -0.2) is 11.1 Å². The smallest absolute Gasteiger partial charge is 0.194 e. The summed E-state index contributed by atoms with van der Waals surface area (Å²) in [6.07, 6.45) is 0. The van der Waals surface area contributed by atoms with Crippen molar-refractivity contribution in [3.63, 3.8) is 0 Å². The number of anilines is 2. The lowest BCUT2D eigenvalue weighted by Gasteiger charge is -2.22. The third-order valence-corrected chi connectivity index (χ3v) is 3.26. The Morgan fingerprint density at radius 2 is 1.22 bits per heavy atom. The lowest BCUT2D eigenvalue weighted by Crippen LogP contribution is -2.26. The van der Waals surface area contributed by atoms with Crippen LogP contribution < -0.4 is 10.6 Å². The highest BCUT2D eigenvalue weighted by Gasteiger charge is 2.14. The highest BCUT2D eigenvalue weighted by Crippen LogP contribution is 2.25. The second kappa shape index (κ2) is 8.83. The molecule has 0 unspecified atom stereocenters. The summed E-state index contributed by atoms with van der Waals surface area (Å²) < 4.78 is 50.8. The van der Waals surface area contributed by atoms with Crippen molar-refractivity contribution in [1.82, 2.24) is 0 Å². The second-order valence-corrected chi connectivity index (χ2v) is 8.54. The zero-order valence-corrected chi connectivity index (χ0v) is 17.0. The van der Waals surface area contributed by atoms with Gasteiger partial charge in [-0.3, -0.25) is 0 Å². The molecule has 0 aromatic heterocycles. The molecule has 0 heterocycles. The molecular formula is C20H25ClF4N2. The van der Waals surface area contributed by atoms with Crippen LogP contribution >= 0.6 is 11.6 Å². The fraction of sp³-hybridized carbons (Fsp3) is 0.400. The standard InChI is InChI=1S/C10H13ClFN.C10H12F3N/c1-10(2,3)13-9-5-4-7(12)6-8(9)11;1-10(2,3)14-6-4-7(11)9(13)8(12)5-6/h4-6,13H,1-3H3;4-5,14H,1-3H3. The molecule has 2 aromatic carbocycles. The molecule has 0 radical (unpaired) electrons. The number of hydrogen-bond acceptors (Lipinski definition) is 2. The van der Waals surface area contributed by atoms with Crippen molar-refractivity contribution in [1.29, 1.82) is 0 Å². The molecule has 0 atom stereocenters. The van der Waals surface area contributed by atoms with E-state index in [1.54, 1.807) is 6.07 Å². The molecule has 0 fully saturated rings. The van der Waals surface area contributed by atoms with Crippen molar-refractivity contribution in [3.8, 4) is 0 Å². The maximum absolute atomic E-state index is 12.8. The van der Waals surface area contributed by atoms with Gasteiger partial charge in [0.1, 0.15) is 5.82 Å². The van der Waals surface area contributed by atoms with Gasteiger partial charge in [-0.05, 0) is 59.7 Å². The molecule has 0 aliphatic heterocycles. The molecule has 2 N–H and O–H groups in total.